The van der Waals surface area contributed by atoms with Crippen molar-refractivity contribution in [1.82, 2.24) is 0 Å². The lowest BCUT2D eigenvalue weighted by Gasteiger charge is -2.23. The lowest BCUT2D eigenvalue weighted by atomic mass is 9.82. The number of hydrogen-bond donors (Lipinski definition) is 1. The fourth-order valence-electron chi connectivity index (χ4n) is 2.59. The number of allylic oxidation sites excluding steroid dienone is 1. The molecule has 0 aromatic heterocycles. The molecular weight excluding hydrogens is 252 g/mol. The molecule has 108 valence electrons. The van der Waals surface area contributed by atoms with Crippen molar-refractivity contribution in [2.75, 3.05) is 0 Å². The van der Waals surface area contributed by atoms with Gasteiger partial charge in [0.2, 0.25) is 0 Å². The second-order valence-electron chi connectivity index (χ2n) is 5.39. The fraction of sp³-hybridized carbons (Fsp3) is 0.471. The standard InChI is InChI=1S/C17H22O3/c1-2-13-5-9-16(10-6-13)20-12-11-14-3-7-15(8-4-14)17(18)19/h5-6,9-12,14-15H,2-4,7-8H2,1H3,(H,18,19)/b12-11+. The van der Waals surface area contributed by atoms with Crippen LogP contribution in [0.2, 0.25) is 0 Å². The summed E-state index contributed by atoms with van der Waals surface area (Å²) in [7, 11) is 0. The highest BCUT2D eigenvalue weighted by atomic mass is 16.5. The maximum atomic E-state index is 10.9. The Morgan fingerprint density at radius 3 is 2.45 bits per heavy atom. The van der Waals surface area contributed by atoms with Crippen molar-refractivity contribution in [3.63, 3.8) is 0 Å². The van der Waals surface area contributed by atoms with Crippen molar-refractivity contribution in [2.45, 2.75) is 39.0 Å². The number of carboxylic acids is 1. The molecule has 0 aliphatic heterocycles. The highest BCUT2D eigenvalue weighted by Gasteiger charge is 2.24. The van der Waals surface area contributed by atoms with Gasteiger partial charge < -0.3 is 9.84 Å². The maximum Gasteiger partial charge on any atom is 0.306 e. The third-order valence-electron chi connectivity index (χ3n) is 4.01. The molecule has 0 unspecified atom stereocenters. The molecule has 1 aliphatic rings. The smallest absolute Gasteiger partial charge is 0.306 e. The van der Waals surface area contributed by atoms with Crippen LogP contribution < -0.4 is 4.74 Å². The summed E-state index contributed by atoms with van der Waals surface area (Å²) >= 11 is 0. The zero-order valence-corrected chi connectivity index (χ0v) is 11.9. The Kier molecular flexibility index (Phi) is 5.22. The largest absolute Gasteiger partial charge is 0.481 e. The van der Waals surface area contributed by atoms with Crippen LogP contribution in [0.25, 0.3) is 0 Å². The van der Waals surface area contributed by atoms with E-state index in [4.69, 9.17) is 9.84 Å². The first-order valence-corrected chi connectivity index (χ1v) is 7.34. The molecule has 3 nitrogen and oxygen atoms in total. The normalized spacial score (nSPS) is 22.9. The first-order valence-electron chi connectivity index (χ1n) is 7.34. The van der Waals surface area contributed by atoms with E-state index in [-0.39, 0.29) is 5.92 Å². The van der Waals surface area contributed by atoms with Gasteiger partial charge in [-0.25, -0.2) is 0 Å². The Bertz CT molecular complexity index is 454. The second-order valence-corrected chi connectivity index (χ2v) is 5.39. The number of aliphatic carboxylic acids is 1. The first kappa shape index (κ1) is 14.6. The van der Waals surface area contributed by atoms with Gasteiger partial charge in [-0.2, -0.15) is 0 Å². The number of carboxylic acid groups (broad SMARTS) is 1. The molecule has 1 aliphatic carbocycles. The molecule has 1 fully saturated rings. The van der Waals surface area contributed by atoms with Gasteiger partial charge in [-0.1, -0.05) is 19.1 Å². The molecule has 1 aromatic rings. The minimum absolute atomic E-state index is 0.151. The van der Waals surface area contributed by atoms with Gasteiger partial charge in [0.1, 0.15) is 5.75 Å². The highest BCUT2D eigenvalue weighted by molar-refractivity contribution is 5.70. The molecule has 0 bridgehead atoms. The van der Waals surface area contributed by atoms with Gasteiger partial charge in [-0.05, 0) is 61.8 Å². The number of carbonyl (C=O) groups is 1. The van der Waals surface area contributed by atoms with Crippen LogP contribution in [0, 0.1) is 11.8 Å². The van der Waals surface area contributed by atoms with E-state index in [1.165, 1.54) is 5.56 Å². The number of ether oxygens (including phenoxy) is 1. The lowest BCUT2D eigenvalue weighted by Crippen LogP contribution is -2.20. The van der Waals surface area contributed by atoms with Crippen LogP contribution >= 0.6 is 0 Å². The van der Waals surface area contributed by atoms with E-state index in [1.807, 2.05) is 12.1 Å². The average molecular weight is 274 g/mol. The summed E-state index contributed by atoms with van der Waals surface area (Å²) in [6, 6.07) is 8.09. The van der Waals surface area contributed by atoms with Crippen LogP contribution in [0.5, 0.6) is 5.75 Å². The summed E-state index contributed by atoms with van der Waals surface area (Å²) in [4.78, 5) is 10.9. The Balaban J connectivity index is 1.77. The predicted molar refractivity (Wildman–Crippen MR) is 78.7 cm³/mol. The van der Waals surface area contributed by atoms with Crippen molar-refractivity contribution >= 4 is 5.97 Å². The quantitative estimate of drug-likeness (QED) is 0.824. The van der Waals surface area contributed by atoms with E-state index in [2.05, 4.69) is 25.1 Å². The van der Waals surface area contributed by atoms with E-state index in [9.17, 15) is 4.79 Å². The van der Waals surface area contributed by atoms with Gasteiger partial charge >= 0.3 is 5.97 Å². The molecule has 1 N–H and O–H groups in total. The fourth-order valence-corrected chi connectivity index (χ4v) is 2.59. The van der Waals surface area contributed by atoms with E-state index < -0.39 is 5.97 Å². The zero-order chi connectivity index (χ0) is 14.4. The molecule has 0 amide bonds. The number of aryl methyl sites for hydroxylation is 1. The van der Waals surface area contributed by atoms with E-state index in [1.54, 1.807) is 6.26 Å². The average Bonchev–Trinajstić information content (AvgIpc) is 2.48. The molecule has 1 aromatic carbocycles. The Labute approximate surface area is 120 Å². The number of hydrogen-bond acceptors (Lipinski definition) is 2. The third kappa shape index (κ3) is 4.12. The molecule has 0 atom stereocenters. The predicted octanol–water partition coefficient (Wildman–Crippen LogP) is 4.03. The number of rotatable bonds is 5. The Morgan fingerprint density at radius 1 is 1.25 bits per heavy atom. The summed E-state index contributed by atoms with van der Waals surface area (Å²) < 4.78 is 5.59. The van der Waals surface area contributed by atoms with Crippen LogP contribution in [0.3, 0.4) is 0 Å². The van der Waals surface area contributed by atoms with Crippen LogP contribution in [-0.4, -0.2) is 11.1 Å². The molecular formula is C17H22O3. The second kappa shape index (κ2) is 7.13. The summed E-state index contributed by atoms with van der Waals surface area (Å²) in [5.41, 5.74) is 1.30. The summed E-state index contributed by atoms with van der Waals surface area (Å²) in [6.07, 6.45) is 8.25. The van der Waals surface area contributed by atoms with Crippen molar-refractivity contribution in [2.24, 2.45) is 11.8 Å². The molecule has 2 rings (SSSR count). The van der Waals surface area contributed by atoms with Crippen molar-refractivity contribution in [3.8, 4) is 5.75 Å². The third-order valence-corrected chi connectivity index (χ3v) is 4.01. The van der Waals surface area contributed by atoms with Crippen molar-refractivity contribution in [1.29, 1.82) is 0 Å². The molecule has 20 heavy (non-hydrogen) atoms. The van der Waals surface area contributed by atoms with Crippen LogP contribution in [-0.2, 0) is 11.2 Å². The molecule has 1 saturated carbocycles. The van der Waals surface area contributed by atoms with Gasteiger partial charge in [0.25, 0.3) is 0 Å². The lowest BCUT2D eigenvalue weighted by molar-refractivity contribution is -0.142. The monoisotopic (exact) mass is 274 g/mol. The molecule has 0 heterocycles. The van der Waals surface area contributed by atoms with Gasteiger partial charge in [0.15, 0.2) is 0 Å². The molecule has 0 saturated heterocycles. The minimum Gasteiger partial charge on any atom is -0.481 e. The first-order chi connectivity index (χ1) is 9.69. The maximum absolute atomic E-state index is 10.9. The van der Waals surface area contributed by atoms with Gasteiger partial charge in [-0.15, -0.1) is 0 Å². The Morgan fingerprint density at radius 2 is 1.90 bits per heavy atom. The van der Waals surface area contributed by atoms with E-state index >= 15 is 0 Å². The van der Waals surface area contributed by atoms with Gasteiger partial charge in [-0.3, -0.25) is 4.79 Å². The van der Waals surface area contributed by atoms with Crippen LogP contribution in [0.4, 0.5) is 0 Å². The zero-order valence-electron chi connectivity index (χ0n) is 11.9. The van der Waals surface area contributed by atoms with Gasteiger partial charge in [0.05, 0.1) is 12.2 Å². The topological polar surface area (TPSA) is 46.5 Å². The highest BCUT2D eigenvalue weighted by Crippen LogP contribution is 2.29. The Hall–Kier alpha value is -1.77. The number of benzene rings is 1. The molecule has 0 radical (unpaired) electrons. The van der Waals surface area contributed by atoms with Crippen molar-refractivity contribution < 1.29 is 14.6 Å². The molecule has 3 heteroatoms. The molecule has 0 spiro atoms. The summed E-state index contributed by atoms with van der Waals surface area (Å²) in [5, 5.41) is 8.95. The van der Waals surface area contributed by atoms with Crippen LogP contribution in [0.1, 0.15) is 38.2 Å². The minimum atomic E-state index is -0.653. The van der Waals surface area contributed by atoms with Crippen molar-refractivity contribution in [3.05, 3.63) is 42.2 Å². The van der Waals surface area contributed by atoms with Crippen LogP contribution in [0.15, 0.2) is 36.6 Å². The SMILES string of the molecule is CCc1ccc(O/C=C/C2CCC(C(=O)O)CC2)cc1. The van der Waals surface area contributed by atoms with Gasteiger partial charge in [0, 0.05) is 0 Å². The summed E-state index contributed by atoms with van der Waals surface area (Å²) in [5.74, 6) is 0.486. The van der Waals surface area contributed by atoms with E-state index in [0.717, 1.165) is 37.9 Å². The van der Waals surface area contributed by atoms with E-state index in [0.29, 0.717) is 5.92 Å². The summed E-state index contributed by atoms with van der Waals surface area (Å²) in [6.45, 7) is 2.13.